The van der Waals surface area contributed by atoms with E-state index in [1.807, 2.05) is 0 Å². The Hall–Kier alpha value is -0.920. The highest BCUT2D eigenvalue weighted by Gasteiger charge is 2.62. The van der Waals surface area contributed by atoms with Gasteiger partial charge < -0.3 is 0 Å². The van der Waals surface area contributed by atoms with Crippen molar-refractivity contribution in [2.75, 3.05) is 0 Å². The molecule has 0 aliphatic heterocycles. The molecular formula is C22H32O2. The Bertz CT molecular complexity index is 579. The molecule has 2 nitrogen and oxygen atoms in total. The fourth-order valence-corrected chi connectivity index (χ4v) is 7.45. The van der Waals surface area contributed by atoms with Gasteiger partial charge in [0.2, 0.25) is 0 Å². The van der Waals surface area contributed by atoms with Crippen molar-refractivity contribution in [1.29, 1.82) is 0 Å². The van der Waals surface area contributed by atoms with Crippen LogP contribution in [-0.4, -0.2) is 11.6 Å². The van der Waals surface area contributed by atoms with Gasteiger partial charge in [0.1, 0.15) is 11.6 Å². The topological polar surface area (TPSA) is 34.1 Å². The van der Waals surface area contributed by atoms with E-state index >= 15 is 0 Å². The third kappa shape index (κ3) is 2.14. The molecule has 0 radical (unpaired) electrons. The number of allylic oxidation sites excluding steroid dienone is 1. The third-order valence-electron chi connectivity index (χ3n) is 8.84. The van der Waals surface area contributed by atoms with Crippen molar-refractivity contribution in [2.45, 2.75) is 71.6 Å². The van der Waals surface area contributed by atoms with Gasteiger partial charge in [-0.1, -0.05) is 19.9 Å². The van der Waals surface area contributed by atoms with Gasteiger partial charge in [-0.05, 0) is 73.5 Å². The van der Waals surface area contributed by atoms with Crippen LogP contribution in [0.25, 0.3) is 0 Å². The second-order valence-electron chi connectivity index (χ2n) is 9.67. The molecule has 132 valence electrons. The van der Waals surface area contributed by atoms with Gasteiger partial charge in [0.15, 0.2) is 0 Å². The zero-order valence-corrected chi connectivity index (χ0v) is 15.4. The number of hydrogen-bond donors (Lipinski definition) is 0. The van der Waals surface area contributed by atoms with Crippen molar-refractivity contribution in [2.24, 2.45) is 40.4 Å². The molecule has 2 unspecified atom stereocenters. The molecule has 0 aromatic rings. The minimum absolute atomic E-state index is 0.0612. The van der Waals surface area contributed by atoms with E-state index in [1.54, 1.807) is 0 Å². The molecule has 7 atom stereocenters. The van der Waals surface area contributed by atoms with E-state index in [4.69, 9.17) is 0 Å². The summed E-state index contributed by atoms with van der Waals surface area (Å²) in [6.07, 6.45) is 11.1. The molecule has 0 amide bonds. The molecule has 4 fully saturated rings. The maximum Gasteiger partial charge on any atom is 0.139 e. The number of carbonyl (C=O) groups excluding carboxylic acids is 2. The van der Waals surface area contributed by atoms with Gasteiger partial charge in [-0.2, -0.15) is 0 Å². The van der Waals surface area contributed by atoms with Gasteiger partial charge in [-0.25, -0.2) is 0 Å². The van der Waals surface area contributed by atoms with Gasteiger partial charge in [-0.15, -0.1) is 6.58 Å². The van der Waals surface area contributed by atoms with E-state index < -0.39 is 0 Å². The minimum atomic E-state index is -0.0612. The maximum absolute atomic E-state index is 12.6. The second kappa shape index (κ2) is 5.54. The molecule has 4 aliphatic carbocycles. The lowest BCUT2D eigenvalue weighted by Gasteiger charge is -2.61. The van der Waals surface area contributed by atoms with E-state index in [1.165, 1.54) is 12.8 Å². The predicted octanol–water partition coefficient (Wildman–Crippen LogP) is 4.97. The Balaban J connectivity index is 1.72. The lowest BCUT2D eigenvalue weighted by atomic mass is 9.42. The number of ketones is 2. The van der Waals surface area contributed by atoms with Crippen LogP contribution in [-0.2, 0) is 9.59 Å². The van der Waals surface area contributed by atoms with Crippen LogP contribution >= 0.6 is 0 Å². The summed E-state index contributed by atoms with van der Waals surface area (Å²) >= 11 is 0. The van der Waals surface area contributed by atoms with Gasteiger partial charge >= 0.3 is 0 Å². The predicted molar refractivity (Wildman–Crippen MR) is 95.4 cm³/mol. The molecule has 0 bridgehead atoms. The Morgan fingerprint density at radius 3 is 2.67 bits per heavy atom. The summed E-state index contributed by atoms with van der Waals surface area (Å²) in [5.41, 5.74) is 0.261. The van der Waals surface area contributed by atoms with Crippen LogP contribution in [0.15, 0.2) is 12.7 Å². The van der Waals surface area contributed by atoms with Gasteiger partial charge in [0.25, 0.3) is 0 Å². The van der Waals surface area contributed by atoms with Crippen molar-refractivity contribution in [3.63, 3.8) is 0 Å². The Morgan fingerprint density at radius 1 is 1.12 bits per heavy atom. The van der Waals surface area contributed by atoms with Crippen molar-refractivity contribution in [3.05, 3.63) is 12.7 Å². The number of carbonyl (C=O) groups is 2. The SMILES string of the molecule is C=CCC1CC2CC(=O)CC[C@]2(C)[C@@H]2CC[C@]3(C)C(=O)CC[C@H]3[C@H]12. The fraction of sp³-hybridized carbons (Fsp3) is 0.818. The quantitative estimate of drug-likeness (QED) is 0.671. The zero-order valence-electron chi connectivity index (χ0n) is 15.4. The molecule has 4 rings (SSSR count). The Labute approximate surface area is 146 Å². The van der Waals surface area contributed by atoms with Crippen molar-refractivity contribution >= 4 is 11.6 Å². The van der Waals surface area contributed by atoms with Gasteiger partial charge in [-0.3, -0.25) is 9.59 Å². The zero-order chi connectivity index (χ0) is 17.1. The monoisotopic (exact) mass is 328 g/mol. The summed E-state index contributed by atoms with van der Waals surface area (Å²) in [7, 11) is 0. The second-order valence-corrected chi connectivity index (χ2v) is 9.67. The third-order valence-corrected chi connectivity index (χ3v) is 8.84. The number of rotatable bonds is 2. The number of fused-ring (bicyclic) bond motifs is 5. The summed E-state index contributed by atoms with van der Waals surface area (Å²) in [5, 5.41) is 0. The van der Waals surface area contributed by atoms with Crippen LogP contribution in [0.5, 0.6) is 0 Å². The molecule has 2 heteroatoms. The first kappa shape index (κ1) is 16.5. The lowest BCUT2D eigenvalue weighted by Crippen LogP contribution is -2.56. The molecule has 24 heavy (non-hydrogen) atoms. The standard InChI is InChI=1S/C22H32O2/c1-4-5-14-12-15-13-16(23)8-10-21(15,2)18-9-11-22(3)17(20(14)18)6-7-19(22)24/h4,14-15,17-18,20H,1,5-13H2,2-3H3/t14?,15?,17-,18+,20-,21-,22-/m0/s1. The van der Waals surface area contributed by atoms with Crippen LogP contribution in [0.2, 0.25) is 0 Å². The first-order valence-electron chi connectivity index (χ1n) is 10.1. The van der Waals surface area contributed by atoms with Crippen LogP contribution in [0, 0.1) is 40.4 Å². The average molecular weight is 328 g/mol. The highest BCUT2D eigenvalue weighted by atomic mass is 16.1. The van der Waals surface area contributed by atoms with E-state index in [9.17, 15) is 9.59 Å². The minimum Gasteiger partial charge on any atom is -0.300 e. The summed E-state index contributed by atoms with van der Waals surface area (Å²) in [5.74, 6) is 4.14. The largest absolute Gasteiger partial charge is 0.300 e. The first-order valence-corrected chi connectivity index (χ1v) is 10.1. The van der Waals surface area contributed by atoms with Gasteiger partial charge in [0.05, 0.1) is 0 Å². The molecule has 4 saturated carbocycles. The molecule has 0 aromatic heterocycles. The Morgan fingerprint density at radius 2 is 1.92 bits per heavy atom. The van der Waals surface area contributed by atoms with Crippen LogP contribution < -0.4 is 0 Å². The summed E-state index contributed by atoms with van der Waals surface area (Å²) < 4.78 is 0. The lowest BCUT2D eigenvalue weighted by molar-refractivity contribution is -0.153. The number of Topliss-reactive ketones (excluding diaryl/α,β-unsaturated/α-hetero) is 2. The van der Waals surface area contributed by atoms with E-state index in [0.29, 0.717) is 46.6 Å². The summed E-state index contributed by atoms with van der Waals surface area (Å²) in [6, 6.07) is 0. The summed E-state index contributed by atoms with van der Waals surface area (Å²) in [4.78, 5) is 24.7. The van der Waals surface area contributed by atoms with Gasteiger partial charge in [0, 0.05) is 24.7 Å². The Kier molecular flexibility index (Phi) is 3.82. The van der Waals surface area contributed by atoms with Crippen LogP contribution in [0.1, 0.15) is 71.6 Å². The smallest absolute Gasteiger partial charge is 0.139 e. The molecule has 0 N–H and O–H groups in total. The van der Waals surface area contributed by atoms with Crippen LogP contribution in [0.3, 0.4) is 0 Å². The van der Waals surface area contributed by atoms with E-state index in [0.717, 1.165) is 44.9 Å². The van der Waals surface area contributed by atoms with Crippen molar-refractivity contribution < 1.29 is 9.59 Å². The van der Waals surface area contributed by atoms with Crippen molar-refractivity contribution in [1.82, 2.24) is 0 Å². The fourth-order valence-electron chi connectivity index (χ4n) is 7.45. The highest BCUT2D eigenvalue weighted by Crippen LogP contribution is 2.67. The maximum atomic E-state index is 12.6. The molecule has 0 aromatic carbocycles. The van der Waals surface area contributed by atoms with E-state index in [-0.39, 0.29) is 5.41 Å². The molecule has 0 saturated heterocycles. The molecule has 0 heterocycles. The summed E-state index contributed by atoms with van der Waals surface area (Å²) in [6.45, 7) is 8.75. The molecular weight excluding hydrogens is 296 g/mol. The molecule has 4 aliphatic rings. The van der Waals surface area contributed by atoms with Crippen molar-refractivity contribution in [3.8, 4) is 0 Å². The van der Waals surface area contributed by atoms with Crippen LogP contribution in [0.4, 0.5) is 0 Å². The average Bonchev–Trinajstić information content (AvgIpc) is 2.85. The highest BCUT2D eigenvalue weighted by molar-refractivity contribution is 5.87. The normalized spacial score (nSPS) is 50.8. The van der Waals surface area contributed by atoms with E-state index in [2.05, 4.69) is 26.5 Å². The number of hydrogen-bond acceptors (Lipinski definition) is 2. The first-order chi connectivity index (χ1) is 11.4. The molecule has 0 spiro atoms.